The van der Waals surface area contributed by atoms with Gasteiger partial charge in [-0.25, -0.2) is 0 Å². The molecule has 1 fully saturated rings. The van der Waals surface area contributed by atoms with E-state index in [2.05, 4.69) is 32.9 Å². The van der Waals surface area contributed by atoms with E-state index in [4.69, 9.17) is 0 Å². The molecule has 0 heterocycles. The Balaban J connectivity index is 2.35. The van der Waals surface area contributed by atoms with Crippen LogP contribution in [0.2, 0.25) is 0 Å². The van der Waals surface area contributed by atoms with Crippen LogP contribution in [0.3, 0.4) is 0 Å². The summed E-state index contributed by atoms with van der Waals surface area (Å²) in [5.41, 5.74) is -0.289. The van der Waals surface area contributed by atoms with Crippen LogP contribution in [0.25, 0.3) is 0 Å². The summed E-state index contributed by atoms with van der Waals surface area (Å²) in [6, 6.07) is 0. The minimum atomic E-state index is -0.511. The Kier molecular flexibility index (Phi) is 2.50. The number of hydrogen-bond donors (Lipinski definition) is 1. The Labute approximate surface area is 93.6 Å². The van der Waals surface area contributed by atoms with E-state index in [1.807, 2.05) is 0 Å². The SMILES string of the molecule is CC1(C)CCCC2(CC=CCC2)C1(C)O. The maximum atomic E-state index is 10.9. The average molecular weight is 208 g/mol. The standard InChI is InChI=1S/C14H24O/c1-12(2)8-7-11-14(13(12,3)15)9-5-4-6-10-14/h4-5,15H,6-11H2,1-3H3. The van der Waals surface area contributed by atoms with Gasteiger partial charge in [-0.05, 0) is 44.4 Å². The van der Waals surface area contributed by atoms with Crippen LogP contribution in [-0.2, 0) is 0 Å². The van der Waals surface area contributed by atoms with E-state index < -0.39 is 5.60 Å². The second-order valence-corrected chi connectivity index (χ2v) is 6.30. The van der Waals surface area contributed by atoms with Crippen molar-refractivity contribution in [3.05, 3.63) is 12.2 Å². The minimum absolute atomic E-state index is 0.0659. The van der Waals surface area contributed by atoms with Crippen LogP contribution >= 0.6 is 0 Å². The molecule has 2 rings (SSSR count). The first-order valence-electron chi connectivity index (χ1n) is 6.29. The third-order valence-corrected chi connectivity index (χ3v) is 5.27. The molecule has 86 valence electrons. The minimum Gasteiger partial charge on any atom is -0.389 e. The van der Waals surface area contributed by atoms with E-state index in [-0.39, 0.29) is 10.8 Å². The van der Waals surface area contributed by atoms with Gasteiger partial charge < -0.3 is 5.11 Å². The number of aliphatic hydroxyl groups is 1. The summed E-state index contributed by atoms with van der Waals surface area (Å²) in [7, 11) is 0. The van der Waals surface area contributed by atoms with Gasteiger partial charge in [-0.15, -0.1) is 0 Å². The summed E-state index contributed by atoms with van der Waals surface area (Å²) >= 11 is 0. The molecule has 2 aliphatic rings. The van der Waals surface area contributed by atoms with Gasteiger partial charge in [0.05, 0.1) is 5.60 Å². The van der Waals surface area contributed by atoms with Gasteiger partial charge in [-0.3, -0.25) is 0 Å². The molecule has 2 unspecified atom stereocenters. The van der Waals surface area contributed by atoms with Gasteiger partial charge in [0, 0.05) is 5.41 Å². The van der Waals surface area contributed by atoms with Crippen molar-refractivity contribution in [1.29, 1.82) is 0 Å². The van der Waals surface area contributed by atoms with Gasteiger partial charge in [0.2, 0.25) is 0 Å². The van der Waals surface area contributed by atoms with Crippen molar-refractivity contribution < 1.29 is 5.11 Å². The summed E-state index contributed by atoms with van der Waals surface area (Å²) < 4.78 is 0. The highest BCUT2D eigenvalue weighted by Crippen LogP contribution is 2.58. The predicted octanol–water partition coefficient (Wildman–Crippen LogP) is 3.67. The van der Waals surface area contributed by atoms with Crippen molar-refractivity contribution in [2.75, 3.05) is 0 Å². The van der Waals surface area contributed by atoms with Crippen LogP contribution in [0.15, 0.2) is 12.2 Å². The molecule has 1 spiro atoms. The third-order valence-electron chi connectivity index (χ3n) is 5.27. The monoisotopic (exact) mass is 208 g/mol. The maximum Gasteiger partial charge on any atom is 0.0729 e. The molecule has 0 bridgehead atoms. The van der Waals surface area contributed by atoms with E-state index >= 15 is 0 Å². The molecule has 1 nitrogen and oxygen atoms in total. The van der Waals surface area contributed by atoms with Gasteiger partial charge >= 0.3 is 0 Å². The lowest BCUT2D eigenvalue weighted by Crippen LogP contribution is -2.58. The summed E-state index contributed by atoms with van der Waals surface area (Å²) in [5.74, 6) is 0. The summed E-state index contributed by atoms with van der Waals surface area (Å²) in [6.07, 6.45) is 11.6. The molecule has 1 N–H and O–H groups in total. The fraction of sp³-hybridized carbons (Fsp3) is 0.857. The second kappa shape index (κ2) is 3.35. The quantitative estimate of drug-likeness (QED) is 0.602. The summed E-state index contributed by atoms with van der Waals surface area (Å²) in [4.78, 5) is 0. The molecular weight excluding hydrogens is 184 g/mol. The normalized spacial score (nSPS) is 44.5. The van der Waals surface area contributed by atoms with Crippen LogP contribution < -0.4 is 0 Å². The van der Waals surface area contributed by atoms with Gasteiger partial charge in [0.25, 0.3) is 0 Å². The first kappa shape index (κ1) is 11.2. The molecule has 0 radical (unpaired) electrons. The highest BCUT2D eigenvalue weighted by atomic mass is 16.3. The zero-order valence-corrected chi connectivity index (χ0v) is 10.3. The lowest BCUT2D eigenvalue weighted by atomic mass is 9.50. The fourth-order valence-corrected chi connectivity index (χ4v) is 3.63. The van der Waals surface area contributed by atoms with Gasteiger partial charge in [0.15, 0.2) is 0 Å². The van der Waals surface area contributed by atoms with E-state index in [0.29, 0.717) is 0 Å². The van der Waals surface area contributed by atoms with Crippen molar-refractivity contribution in [2.45, 2.75) is 64.9 Å². The zero-order chi connectivity index (χ0) is 11.2. The molecule has 1 heteroatoms. The molecule has 15 heavy (non-hydrogen) atoms. The van der Waals surface area contributed by atoms with Crippen molar-refractivity contribution in [3.63, 3.8) is 0 Å². The van der Waals surface area contributed by atoms with Crippen molar-refractivity contribution in [3.8, 4) is 0 Å². The first-order chi connectivity index (χ1) is 6.91. The number of hydrogen-bond acceptors (Lipinski definition) is 1. The van der Waals surface area contributed by atoms with E-state index in [9.17, 15) is 5.11 Å². The lowest BCUT2D eigenvalue weighted by molar-refractivity contribution is -0.181. The zero-order valence-electron chi connectivity index (χ0n) is 10.3. The van der Waals surface area contributed by atoms with Crippen molar-refractivity contribution >= 4 is 0 Å². The first-order valence-corrected chi connectivity index (χ1v) is 6.29. The molecule has 2 aliphatic carbocycles. The Morgan fingerprint density at radius 2 is 1.73 bits per heavy atom. The van der Waals surface area contributed by atoms with Crippen LogP contribution in [0.1, 0.15) is 59.3 Å². The van der Waals surface area contributed by atoms with Crippen LogP contribution in [0.5, 0.6) is 0 Å². The number of rotatable bonds is 0. The van der Waals surface area contributed by atoms with Crippen LogP contribution in [0.4, 0.5) is 0 Å². The lowest BCUT2D eigenvalue weighted by Gasteiger charge is -2.58. The van der Waals surface area contributed by atoms with Crippen LogP contribution in [0, 0.1) is 10.8 Å². The fourth-order valence-electron chi connectivity index (χ4n) is 3.63. The largest absolute Gasteiger partial charge is 0.389 e. The Morgan fingerprint density at radius 3 is 2.33 bits per heavy atom. The molecule has 0 saturated heterocycles. The van der Waals surface area contributed by atoms with Crippen molar-refractivity contribution in [1.82, 2.24) is 0 Å². The maximum absolute atomic E-state index is 10.9. The molecule has 0 aromatic rings. The van der Waals surface area contributed by atoms with Gasteiger partial charge in [-0.1, -0.05) is 32.4 Å². The van der Waals surface area contributed by atoms with E-state index in [1.165, 1.54) is 19.3 Å². The molecule has 0 aliphatic heterocycles. The Morgan fingerprint density at radius 1 is 1.00 bits per heavy atom. The highest BCUT2D eigenvalue weighted by Gasteiger charge is 2.56. The Bertz CT molecular complexity index is 275. The van der Waals surface area contributed by atoms with Gasteiger partial charge in [0.1, 0.15) is 0 Å². The summed E-state index contributed by atoms with van der Waals surface area (Å²) in [5, 5.41) is 10.9. The predicted molar refractivity (Wildman–Crippen MR) is 63.7 cm³/mol. The smallest absolute Gasteiger partial charge is 0.0729 e. The third kappa shape index (κ3) is 1.47. The van der Waals surface area contributed by atoms with Crippen LogP contribution in [-0.4, -0.2) is 10.7 Å². The van der Waals surface area contributed by atoms with Gasteiger partial charge in [-0.2, -0.15) is 0 Å². The average Bonchev–Trinajstić information content (AvgIpc) is 2.16. The molecule has 2 atom stereocenters. The molecular formula is C14H24O. The second-order valence-electron chi connectivity index (χ2n) is 6.30. The molecule has 0 aromatic carbocycles. The Hall–Kier alpha value is -0.300. The summed E-state index contributed by atoms with van der Waals surface area (Å²) in [6.45, 7) is 6.53. The van der Waals surface area contributed by atoms with Crippen molar-refractivity contribution in [2.24, 2.45) is 10.8 Å². The highest BCUT2D eigenvalue weighted by molar-refractivity contribution is 5.12. The number of allylic oxidation sites excluding steroid dienone is 2. The van der Waals surface area contributed by atoms with E-state index in [1.54, 1.807) is 0 Å². The molecule has 0 aromatic heterocycles. The molecule has 0 amide bonds. The molecule has 1 saturated carbocycles. The topological polar surface area (TPSA) is 20.2 Å². The van der Waals surface area contributed by atoms with E-state index in [0.717, 1.165) is 19.3 Å².